The van der Waals surface area contributed by atoms with Crippen LogP contribution in [0.2, 0.25) is 0 Å². The number of fused-ring (bicyclic) bond motifs is 1. The van der Waals surface area contributed by atoms with E-state index < -0.39 is 5.60 Å². The first-order valence-corrected chi connectivity index (χ1v) is 7.82. The van der Waals surface area contributed by atoms with E-state index in [1.54, 1.807) is 11.8 Å². The van der Waals surface area contributed by atoms with E-state index in [1.807, 2.05) is 38.3 Å². The first-order chi connectivity index (χ1) is 9.03. The van der Waals surface area contributed by atoms with Gasteiger partial charge in [0.25, 0.3) is 0 Å². The first kappa shape index (κ1) is 14.4. The number of rotatable bonds is 6. The molecule has 0 saturated carbocycles. The summed E-state index contributed by atoms with van der Waals surface area (Å²) in [6, 6.07) is 8.05. The Morgan fingerprint density at radius 2 is 2.11 bits per heavy atom. The highest BCUT2D eigenvalue weighted by Gasteiger charge is 2.19. The van der Waals surface area contributed by atoms with Gasteiger partial charge in [0.1, 0.15) is 11.3 Å². The van der Waals surface area contributed by atoms with Gasteiger partial charge in [0.2, 0.25) is 0 Å². The van der Waals surface area contributed by atoms with E-state index in [9.17, 15) is 5.11 Å². The monoisotopic (exact) mass is 279 g/mol. The number of aliphatic hydroxyl groups is 1. The van der Waals surface area contributed by atoms with Crippen LogP contribution in [0.5, 0.6) is 0 Å². The summed E-state index contributed by atoms with van der Waals surface area (Å²) in [5.41, 5.74) is 1.43. The number of para-hydroxylation sites is 1. The zero-order valence-corrected chi connectivity index (χ0v) is 12.5. The average Bonchev–Trinajstić information content (AvgIpc) is 2.66. The van der Waals surface area contributed by atoms with Crippen molar-refractivity contribution in [3.63, 3.8) is 0 Å². The molecule has 0 amide bonds. The van der Waals surface area contributed by atoms with Gasteiger partial charge >= 0.3 is 0 Å². The molecule has 0 aliphatic carbocycles. The van der Waals surface area contributed by atoms with Crippen LogP contribution in [0.1, 0.15) is 18.2 Å². The van der Waals surface area contributed by atoms with Crippen molar-refractivity contribution in [1.82, 2.24) is 5.32 Å². The third kappa shape index (κ3) is 3.53. The zero-order valence-electron chi connectivity index (χ0n) is 11.7. The summed E-state index contributed by atoms with van der Waals surface area (Å²) in [5.74, 6) is 1.67. The van der Waals surface area contributed by atoms with Crippen LogP contribution in [0.15, 0.2) is 28.7 Å². The van der Waals surface area contributed by atoms with Crippen molar-refractivity contribution < 1.29 is 9.52 Å². The number of aryl methyl sites for hydroxylation is 1. The minimum atomic E-state index is -0.674. The fourth-order valence-corrected chi connectivity index (χ4v) is 2.98. The topological polar surface area (TPSA) is 45.4 Å². The molecule has 2 N–H and O–H groups in total. The van der Waals surface area contributed by atoms with Gasteiger partial charge in [-0.3, -0.25) is 0 Å². The first-order valence-electron chi connectivity index (χ1n) is 6.42. The largest absolute Gasteiger partial charge is 0.461 e. The molecule has 3 nitrogen and oxygen atoms in total. The molecule has 104 valence electrons. The Balaban J connectivity index is 2.04. The van der Waals surface area contributed by atoms with Crippen LogP contribution >= 0.6 is 11.8 Å². The summed E-state index contributed by atoms with van der Waals surface area (Å²) in [5, 5.41) is 14.6. The molecular weight excluding hydrogens is 258 g/mol. The smallest absolute Gasteiger partial charge is 0.134 e. The molecule has 0 aliphatic rings. The molecular formula is C15H21NO2S. The van der Waals surface area contributed by atoms with E-state index in [4.69, 9.17) is 4.42 Å². The summed E-state index contributed by atoms with van der Waals surface area (Å²) in [6.45, 7) is 5.13. The van der Waals surface area contributed by atoms with Gasteiger partial charge in [0.05, 0.1) is 5.60 Å². The lowest BCUT2D eigenvalue weighted by Crippen LogP contribution is -2.39. The molecule has 1 heterocycles. The summed E-state index contributed by atoms with van der Waals surface area (Å²) in [6.07, 6.45) is 2.00. The quantitative estimate of drug-likeness (QED) is 0.853. The van der Waals surface area contributed by atoms with Gasteiger partial charge in [0.15, 0.2) is 0 Å². The molecule has 0 spiro atoms. The molecule has 4 heteroatoms. The fraction of sp³-hybridized carbons (Fsp3) is 0.467. The molecule has 1 aromatic heterocycles. The standard InChI is InChI=1S/C15H21NO2S/c1-11-13(8-16-9-15(2,17)10-19-3)12-6-4-5-7-14(12)18-11/h4-7,16-17H,8-10H2,1-3H3. The Morgan fingerprint density at radius 1 is 1.37 bits per heavy atom. The Hall–Kier alpha value is -0.970. The summed E-state index contributed by atoms with van der Waals surface area (Å²) in [4.78, 5) is 0. The van der Waals surface area contributed by atoms with E-state index in [2.05, 4.69) is 11.4 Å². The second-order valence-corrected chi connectivity index (χ2v) is 6.03. The van der Waals surface area contributed by atoms with Gasteiger partial charge in [-0.2, -0.15) is 11.8 Å². The van der Waals surface area contributed by atoms with Crippen molar-refractivity contribution in [2.75, 3.05) is 18.6 Å². The molecule has 2 aromatic rings. The van der Waals surface area contributed by atoms with Crippen molar-refractivity contribution in [2.45, 2.75) is 26.0 Å². The fourth-order valence-electron chi connectivity index (χ4n) is 2.26. The highest BCUT2D eigenvalue weighted by atomic mass is 32.2. The summed E-state index contributed by atoms with van der Waals surface area (Å²) < 4.78 is 5.72. The number of hydrogen-bond acceptors (Lipinski definition) is 4. The number of nitrogens with one attached hydrogen (secondary N) is 1. The molecule has 0 aliphatic heterocycles. The van der Waals surface area contributed by atoms with E-state index >= 15 is 0 Å². The third-order valence-corrected chi connectivity index (χ3v) is 4.07. The predicted molar refractivity (Wildman–Crippen MR) is 81.7 cm³/mol. The van der Waals surface area contributed by atoms with Gasteiger partial charge in [0, 0.05) is 29.8 Å². The minimum absolute atomic E-state index is 0.576. The maximum Gasteiger partial charge on any atom is 0.134 e. The van der Waals surface area contributed by atoms with Crippen molar-refractivity contribution in [3.8, 4) is 0 Å². The van der Waals surface area contributed by atoms with Crippen LogP contribution in [0.4, 0.5) is 0 Å². The maximum atomic E-state index is 10.1. The molecule has 0 radical (unpaired) electrons. The minimum Gasteiger partial charge on any atom is -0.461 e. The number of benzene rings is 1. The number of thioether (sulfide) groups is 1. The average molecular weight is 279 g/mol. The summed E-state index contributed by atoms with van der Waals surface area (Å²) in [7, 11) is 0. The molecule has 1 unspecified atom stereocenters. The Kier molecular flexibility index (Phi) is 4.55. The lowest BCUT2D eigenvalue weighted by Gasteiger charge is -2.22. The molecule has 2 rings (SSSR count). The van der Waals surface area contributed by atoms with Crippen LogP contribution in [0.25, 0.3) is 11.0 Å². The Bertz CT molecular complexity index is 548. The van der Waals surface area contributed by atoms with Gasteiger partial charge < -0.3 is 14.8 Å². The highest BCUT2D eigenvalue weighted by Crippen LogP contribution is 2.25. The summed E-state index contributed by atoms with van der Waals surface area (Å²) >= 11 is 1.65. The van der Waals surface area contributed by atoms with Crippen molar-refractivity contribution in [2.24, 2.45) is 0 Å². The molecule has 1 aromatic carbocycles. The van der Waals surface area contributed by atoms with Crippen LogP contribution in [0.3, 0.4) is 0 Å². The lowest BCUT2D eigenvalue weighted by molar-refractivity contribution is 0.0845. The number of hydrogen-bond donors (Lipinski definition) is 2. The van der Waals surface area contributed by atoms with E-state index in [-0.39, 0.29) is 0 Å². The van der Waals surface area contributed by atoms with E-state index in [0.717, 1.165) is 22.5 Å². The maximum absolute atomic E-state index is 10.1. The second-order valence-electron chi connectivity index (χ2n) is 5.17. The molecule has 1 atom stereocenters. The van der Waals surface area contributed by atoms with Crippen LogP contribution in [-0.4, -0.2) is 29.3 Å². The SMILES string of the molecule is CSCC(C)(O)CNCc1c(C)oc2ccccc12. The van der Waals surface area contributed by atoms with E-state index in [0.29, 0.717) is 13.1 Å². The van der Waals surface area contributed by atoms with Gasteiger partial charge in [-0.15, -0.1) is 0 Å². The van der Waals surface area contributed by atoms with Crippen molar-refractivity contribution >= 4 is 22.7 Å². The number of furan rings is 1. The molecule has 0 saturated heterocycles. The molecule has 0 bridgehead atoms. The van der Waals surface area contributed by atoms with Gasteiger partial charge in [-0.05, 0) is 26.2 Å². The van der Waals surface area contributed by atoms with Crippen LogP contribution in [0, 0.1) is 6.92 Å². The van der Waals surface area contributed by atoms with Crippen molar-refractivity contribution in [1.29, 1.82) is 0 Å². The Labute approximate surface area is 118 Å². The second kappa shape index (κ2) is 5.99. The zero-order chi connectivity index (χ0) is 13.9. The third-order valence-electron chi connectivity index (χ3n) is 3.16. The van der Waals surface area contributed by atoms with Crippen LogP contribution < -0.4 is 5.32 Å². The Morgan fingerprint density at radius 3 is 2.84 bits per heavy atom. The van der Waals surface area contributed by atoms with Crippen molar-refractivity contribution in [3.05, 3.63) is 35.6 Å². The van der Waals surface area contributed by atoms with E-state index in [1.165, 1.54) is 5.56 Å². The molecule has 19 heavy (non-hydrogen) atoms. The normalized spacial score (nSPS) is 14.7. The van der Waals surface area contributed by atoms with Gasteiger partial charge in [-0.1, -0.05) is 18.2 Å². The predicted octanol–water partition coefficient (Wildman–Crippen LogP) is 2.94. The van der Waals surface area contributed by atoms with Gasteiger partial charge in [-0.25, -0.2) is 0 Å². The molecule has 0 fully saturated rings. The highest BCUT2D eigenvalue weighted by molar-refractivity contribution is 7.98. The lowest BCUT2D eigenvalue weighted by atomic mass is 10.1. The van der Waals surface area contributed by atoms with Crippen LogP contribution in [-0.2, 0) is 6.54 Å².